The van der Waals surface area contributed by atoms with Gasteiger partial charge < -0.3 is 15.2 Å². The Morgan fingerprint density at radius 3 is 2.85 bits per heavy atom. The third kappa shape index (κ3) is 4.66. The summed E-state index contributed by atoms with van der Waals surface area (Å²) in [5, 5.41) is 24.2. The molecule has 0 bridgehead atoms. The van der Waals surface area contributed by atoms with Crippen LogP contribution in [0.1, 0.15) is 41.3 Å². The number of hydrogen-bond acceptors (Lipinski definition) is 6. The number of nitrogens with one attached hydrogen (secondary N) is 2. The van der Waals surface area contributed by atoms with Gasteiger partial charge >= 0.3 is 0 Å². The Labute approximate surface area is 155 Å². The van der Waals surface area contributed by atoms with Crippen LogP contribution >= 0.6 is 0 Å². The number of aromatic nitrogens is 3. The van der Waals surface area contributed by atoms with Gasteiger partial charge in [-0.3, -0.25) is 19.7 Å². The van der Waals surface area contributed by atoms with Crippen LogP contribution in [0.4, 0.5) is 5.69 Å². The maximum atomic E-state index is 12.0. The molecule has 0 saturated carbocycles. The molecular formula is C17H20N6O4. The van der Waals surface area contributed by atoms with Crippen molar-refractivity contribution >= 4 is 17.5 Å². The predicted molar refractivity (Wildman–Crippen MR) is 94.9 cm³/mol. The molecule has 0 spiro atoms. The number of nitrogens with zero attached hydrogens (tertiary/aromatic N) is 4. The highest BCUT2D eigenvalue weighted by Gasteiger charge is 2.16. The lowest BCUT2D eigenvalue weighted by Gasteiger charge is -2.09. The third-order valence-corrected chi connectivity index (χ3v) is 4.36. The van der Waals surface area contributed by atoms with Crippen molar-refractivity contribution in [1.29, 1.82) is 0 Å². The van der Waals surface area contributed by atoms with Crippen LogP contribution in [0, 0.1) is 10.1 Å². The number of non-ortho nitro benzene ring substituents is 1. The first kappa shape index (κ1) is 18.5. The summed E-state index contributed by atoms with van der Waals surface area (Å²) in [5.74, 6) is 0.714. The van der Waals surface area contributed by atoms with E-state index in [1.807, 2.05) is 4.57 Å². The van der Waals surface area contributed by atoms with Crippen LogP contribution in [0.2, 0.25) is 0 Å². The molecule has 3 rings (SSSR count). The number of amides is 2. The van der Waals surface area contributed by atoms with Crippen LogP contribution in [-0.2, 0) is 24.3 Å². The molecule has 0 saturated heterocycles. The molecule has 1 aliphatic rings. The van der Waals surface area contributed by atoms with Crippen molar-refractivity contribution in [1.82, 2.24) is 25.4 Å². The minimum Gasteiger partial charge on any atom is -0.347 e. The lowest BCUT2D eigenvalue weighted by Crippen LogP contribution is -2.37. The topological polar surface area (TPSA) is 132 Å². The van der Waals surface area contributed by atoms with Crippen molar-refractivity contribution in [2.24, 2.45) is 0 Å². The standard InChI is InChI=1S/C17H20N6O4/c24-16(11-19-17(25)12-5-4-6-13(9-12)23(26)27)18-10-15-21-20-14-7-2-1-3-8-22(14)15/h4-6,9H,1-3,7-8,10-11H2,(H,18,24)(H,19,25). The van der Waals surface area contributed by atoms with Crippen molar-refractivity contribution in [3.8, 4) is 0 Å². The quantitative estimate of drug-likeness (QED) is 0.573. The fourth-order valence-electron chi connectivity index (χ4n) is 2.94. The first-order chi connectivity index (χ1) is 13.0. The molecule has 10 heteroatoms. The fraction of sp³-hybridized carbons (Fsp3) is 0.412. The molecule has 0 unspecified atom stereocenters. The van der Waals surface area contributed by atoms with Gasteiger partial charge in [0, 0.05) is 30.7 Å². The van der Waals surface area contributed by atoms with Crippen molar-refractivity contribution in [3.05, 3.63) is 51.6 Å². The molecule has 2 amide bonds. The molecule has 0 atom stereocenters. The molecule has 27 heavy (non-hydrogen) atoms. The molecular weight excluding hydrogens is 352 g/mol. The second-order valence-corrected chi connectivity index (χ2v) is 6.26. The third-order valence-electron chi connectivity index (χ3n) is 4.36. The first-order valence-corrected chi connectivity index (χ1v) is 8.75. The van der Waals surface area contributed by atoms with Crippen LogP contribution in [0.5, 0.6) is 0 Å². The Kier molecular flexibility index (Phi) is 5.74. The van der Waals surface area contributed by atoms with Gasteiger partial charge in [0.05, 0.1) is 18.0 Å². The number of fused-ring (bicyclic) bond motifs is 1. The molecule has 0 radical (unpaired) electrons. The molecule has 142 valence electrons. The zero-order chi connectivity index (χ0) is 19.2. The number of aryl methyl sites for hydroxylation is 1. The summed E-state index contributed by atoms with van der Waals surface area (Å²) >= 11 is 0. The van der Waals surface area contributed by atoms with Gasteiger partial charge in [-0.1, -0.05) is 12.5 Å². The van der Waals surface area contributed by atoms with E-state index >= 15 is 0 Å². The second kappa shape index (κ2) is 8.39. The van der Waals surface area contributed by atoms with Gasteiger partial charge in [-0.2, -0.15) is 0 Å². The number of carbonyl (C=O) groups is 2. The van der Waals surface area contributed by atoms with E-state index in [4.69, 9.17) is 0 Å². The van der Waals surface area contributed by atoms with E-state index in [1.165, 1.54) is 24.3 Å². The molecule has 2 N–H and O–H groups in total. The van der Waals surface area contributed by atoms with E-state index in [0.29, 0.717) is 5.82 Å². The average molecular weight is 372 g/mol. The SMILES string of the molecule is O=C(CNC(=O)c1cccc([N+](=O)[O-])c1)NCc1nnc2n1CCCCC2. The zero-order valence-electron chi connectivity index (χ0n) is 14.7. The molecule has 0 aliphatic carbocycles. The lowest BCUT2D eigenvalue weighted by molar-refractivity contribution is -0.384. The van der Waals surface area contributed by atoms with Crippen LogP contribution < -0.4 is 10.6 Å². The van der Waals surface area contributed by atoms with Gasteiger partial charge in [0.25, 0.3) is 11.6 Å². The van der Waals surface area contributed by atoms with Gasteiger partial charge in [-0.15, -0.1) is 10.2 Å². The Morgan fingerprint density at radius 1 is 1.19 bits per heavy atom. The maximum Gasteiger partial charge on any atom is 0.270 e. The van der Waals surface area contributed by atoms with E-state index in [1.54, 1.807) is 0 Å². The monoisotopic (exact) mass is 372 g/mol. The zero-order valence-corrected chi connectivity index (χ0v) is 14.7. The van der Waals surface area contributed by atoms with E-state index in [2.05, 4.69) is 20.8 Å². The molecule has 2 aromatic rings. The second-order valence-electron chi connectivity index (χ2n) is 6.26. The molecule has 1 aromatic carbocycles. The smallest absolute Gasteiger partial charge is 0.270 e. The van der Waals surface area contributed by atoms with Crippen LogP contribution in [-0.4, -0.2) is 38.0 Å². The van der Waals surface area contributed by atoms with E-state index in [0.717, 1.165) is 38.1 Å². The lowest BCUT2D eigenvalue weighted by atomic mass is 10.2. The Morgan fingerprint density at radius 2 is 2.04 bits per heavy atom. The van der Waals surface area contributed by atoms with Crippen molar-refractivity contribution in [2.75, 3.05) is 6.54 Å². The first-order valence-electron chi connectivity index (χ1n) is 8.75. The summed E-state index contributed by atoms with van der Waals surface area (Å²) in [6.45, 7) is 0.845. The molecule has 2 heterocycles. The van der Waals surface area contributed by atoms with Crippen molar-refractivity contribution < 1.29 is 14.5 Å². The molecule has 0 fully saturated rings. The van der Waals surface area contributed by atoms with Crippen LogP contribution in [0.25, 0.3) is 0 Å². The number of nitro benzene ring substituents is 1. The highest BCUT2D eigenvalue weighted by molar-refractivity contribution is 5.96. The van der Waals surface area contributed by atoms with Crippen molar-refractivity contribution in [3.63, 3.8) is 0 Å². The Bertz CT molecular complexity index is 863. The van der Waals surface area contributed by atoms with E-state index in [9.17, 15) is 19.7 Å². The highest BCUT2D eigenvalue weighted by Crippen LogP contribution is 2.14. The Balaban J connectivity index is 1.50. The average Bonchev–Trinajstić information content (AvgIpc) is 2.90. The number of nitro groups is 1. The predicted octanol–water partition coefficient (Wildman–Crippen LogP) is 0.959. The molecule has 1 aliphatic heterocycles. The van der Waals surface area contributed by atoms with Crippen LogP contribution in [0.3, 0.4) is 0 Å². The Hall–Kier alpha value is -3.30. The number of carbonyl (C=O) groups excluding carboxylic acids is 2. The molecule has 10 nitrogen and oxygen atoms in total. The summed E-state index contributed by atoms with van der Waals surface area (Å²) < 4.78 is 2.04. The van der Waals surface area contributed by atoms with E-state index in [-0.39, 0.29) is 30.2 Å². The van der Waals surface area contributed by atoms with Gasteiger partial charge in [0.1, 0.15) is 5.82 Å². The minimum atomic E-state index is -0.578. The molecule has 1 aromatic heterocycles. The number of hydrogen-bond donors (Lipinski definition) is 2. The summed E-state index contributed by atoms with van der Waals surface area (Å²) in [4.78, 5) is 34.2. The van der Waals surface area contributed by atoms with Gasteiger partial charge in [0.15, 0.2) is 5.82 Å². The summed E-state index contributed by atoms with van der Waals surface area (Å²) in [5.41, 5.74) is -0.0561. The van der Waals surface area contributed by atoms with Crippen LogP contribution in [0.15, 0.2) is 24.3 Å². The normalized spacial score (nSPS) is 13.3. The van der Waals surface area contributed by atoms with Crippen molar-refractivity contribution in [2.45, 2.75) is 38.8 Å². The summed E-state index contributed by atoms with van der Waals surface area (Å²) in [7, 11) is 0. The summed E-state index contributed by atoms with van der Waals surface area (Å²) in [6.07, 6.45) is 4.19. The maximum absolute atomic E-state index is 12.0. The van der Waals surface area contributed by atoms with E-state index < -0.39 is 10.8 Å². The number of rotatable bonds is 6. The minimum absolute atomic E-state index is 0.125. The largest absolute Gasteiger partial charge is 0.347 e. The number of benzene rings is 1. The van der Waals surface area contributed by atoms with Gasteiger partial charge in [0.2, 0.25) is 5.91 Å². The summed E-state index contributed by atoms with van der Waals surface area (Å²) in [6, 6.07) is 5.33. The highest BCUT2D eigenvalue weighted by atomic mass is 16.6. The fourth-order valence-corrected chi connectivity index (χ4v) is 2.94. The van der Waals surface area contributed by atoms with Gasteiger partial charge in [-0.25, -0.2) is 0 Å². The van der Waals surface area contributed by atoms with Gasteiger partial charge in [-0.05, 0) is 18.9 Å².